The van der Waals surface area contributed by atoms with Gasteiger partial charge in [0.15, 0.2) is 0 Å². The van der Waals surface area contributed by atoms with Crippen LogP contribution in [0.1, 0.15) is 55.3 Å². The Morgan fingerprint density at radius 1 is 1.22 bits per heavy atom. The molecular formula is C21H32N2O4. The van der Waals surface area contributed by atoms with Gasteiger partial charge in [0.05, 0.1) is 31.1 Å². The van der Waals surface area contributed by atoms with E-state index >= 15 is 0 Å². The van der Waals surface area contributed by atoms with E-state index in [0.717, 1.165) is 32.5 Å². The highest BCUT2D eigenvalue weighted by Gasteiger charge is 2.56. The summed E-state index contributed by atoms with van der Waals surface area (Å²) in [6, 6.07) is 2.32. The summed E-state index contributed by atoms with van der Waals surface area (Å²) in [5, 5.41) is 0. The van der Waals surface area contributed by atoms with E-state index in [0.29, 0.717) is 30.9 Å². The number of hydrogen-bond donors (Lipinski definition) is 0. The van der Waals surface area contributed by atoms with Crippen molar-refractivity contribution in [2.45, 2.75) is 62.6 Å². The van der Waals surface area contributed by atoms with E-state index in [2.05, 4.69) is 4.90 Å². The molecule has 4 rings (SSSR count). The van der Waals surface area contributed by atoms with E-state index in [1.165, 1.54) is 32.1 Å². The molecule has 6 nitrogen and oxygen atoms in total. The van der Waals surface area contributed by atoms with Crippen molar-refractivity contribution in [3.8, 4) is 0 Å². The number of methoxy groups -OCH3 is 1. The fourth-order valence-corrected chi connectivity index (χ4v) is 5.32. The predicted molar refractivity (Wildman–Crippen MR) is 102 cm³/mol. The molecule has 0 N–H and O–H groups in total. The van der Waals surface area contributed by atoms with E-state index < -0.39 is 0 Å². The molecule has 150 valence electrons. The lowest BCUT2D eigenvalue weighted by Crippen LogP contribution is -2.75. The molecule has 1 amide bonds. The van der Waals surface area contributed by atoms with Crippen molar-refractivity contribution in [2.75, 3.05) is 40.0 Å². The van der Waals surface area contributed by atoms with Gasteiger partial charge >= 0.3 is 0 Å². The van der Waals surface area contributed by atoms with Crippen LogP contribution in [0.3, 0.4) is 0 Å². The fourth-order valence-electron chi connectivity index (χ4n) is 5.32. The monoisotopic (exact) mass is 376 g/mol. The maximum atomic E-state index is 12.5. The first-order chi connectivity index (χ1) is 13.2. The Morgan fingerprint density at radius 3 is 2.67 bits per heavy atom. The van der Waals surface area contributed by atoms with Gasteiger partial charge in [-0.3, -0.25) is 9.69 Å². The van der Waals surface area contributed by atoms with Gasteiger partial charge < -0.3 is 18.8 Å². The average molecular weight is 376 g/mol. The first-order valence-corrected chi connectivity index (χ1v) is 10.4. The van der Waals surface area contributed by atoms with Crippen LogP contribution in [0.5, 0.6) is 0 Å². The van der Waals surface area contributed by atoms with Gasteiger partial charge in [0, 0.05) is 38.3 Å². The number of furan rings is 1. The van der Waals surface area contributed by atoms with Crippen molar-refractivity contribution in [3.63, 3.8) is 0 Å². The number of likely N-dealkylation sites (tertiary alicyclic amines) is 2. The highest BCUT2D eigenvalue weighted by Crippen LogP contribution is 2.47. The lowest BCUT2D eigenvalue weighted by Gasteiger charge is -2.63. The molecule has 3 fully saturated rings. The third kappa shape index (κ3) is 3.67. The number of amides is 1. The van der Waals surface area contributed by atoms with E-state index in [1.54, 1.807) is 25.7 Å². The van der Waals surface area contributed by atoms with Gasteiger partial charge in [-0.05, 0) is 31.7 Å². The van der Waals surface area contributed by atoms with Crippen molar-refractivity contribution in [1.82, 2.24) is 9.80 Å². The third-order valence-electron chi connectivity index (χ3n) is 6.82. The standard InChI is InChI=1S/C21H32N2O4/c1-25-13-14-27-19-15-23(21(19)8-3-2-4-9-21)18-5-10-22(11-6-18)20(24)17-7-12-26-16-17/h7,12,16,18-19H,2-6,8-11,13-15H2,1H3. The minimum atomic E-state index is 0.0963. The number of piperidine rings is 1. The van der Waals surface area contributed by atoms with Gasteiger partial charge in [-0.15, -0.1) is 0 Å². The molecule has 3 aliphatic rings. The summed E-state index contributed by atoms with van der Waals surface area (Å²) in [5.41, 5.74) is 0.890. The van der Waals surface area contributed by atoms with Gasteiger partial charge in [-0.2, -0.15) is 0 Å². The Kier molecular flexibility index (Phi) is 5.85. The van der Waals surface area contributed by atoms with Crippen molar-refractivity contribution >= 4 is 5.91 Å². The Balaban J connectivity index is 1.35. The fraction of sp³-hybridized carbons (Fsp3) is 0.762. The molecule has 1 aliphatic carbocycles. The van der Waals surface area contributed by atoms with Crippen LogP contribution in [-0.4, -0.2) is 73.3 Å². The SMILES string of the molecule is COCCOC1CN(C2CCN(C(=O)c3ccoc3)CC2)C12CCCCC2. The molecule has 3 heterocycles. The molecule has 0 radical (unpaired) electrons. The molecular weight excluding hydrogens is 344 g/mol. The first kappa shape index (κ1) is 19.0. The minimum Gasteiger partial charge on any atom is -0.472 e. The van der Waals surface area contributed by atoms with Gasteiger partial charge in [0.2, 0.25) is 0 Å². The van der Waals surface area contributed by atoms with E-state index in [4.69, 9.17) is 13.9 Å². The van der Waals surface area contributed by atoms with Gasteiger partial charge in [0.1, 0.15) is 6.26 Å². The van der Waals surface area contributed by atoms with Gasteiger partial charge in [-0.1, -0.05) is 19.3 Å². The zero-order valence-corrected chi connectivity index (χ0v) is 16.4. The molecule has 0 bridgehead atoms. The van der Waals surface area contributed by atoms with Crippen LogP contribution in [0.25, 0.3) is 0 Å². The number of rotatable bonds is 6. The summed E-state index contributed by atoms with van der Waals surface area (Å²) < 4.78 is 16.4. The van der Waals surface area contributed by atoms with Crippen molar-refractivity contribution in [3.05, 3.63) is 24.2 Å². The molecule has 1 spiro atoms. The summed E-state index contributed by atoms with van der Waals surface area (Å²) in [7, 11) is 1.73. The Bertz CT molecular complexity index is 604. The summed E-state index contributed by atoms with van der Waals surface area (Å²) in [6.45, 7) is 4.05. The van der Waals surface area contributed by atoms with Crippen molar-refractivity contribution in [1.29, 1.82) is 0 Å². The largest absolute Gasteiger partial charge is 0.472 e. The normalized spacial score (nSPS) is 26.3. The van der Waals surface area contributed by atoms with Crippen LogP contribution in [0, 0.1) is 0 Å². The highest BCUT2D eigenvalue weighted by molar-refractivity contribution is 5.93. The second-order valence-electron chi connectivity index (χ2n) is 8.20. The summed E-state index contributed by atoms with van der Waals surface area (Å²) >= 11 is 0. The predicted octanol–water partition coefficient (Wildman–Crippen LogP) is 2.93. The topological polar surface area (TPSA) is 55.2 Å². The van der Waals surface area contributed by atoms with Crippen LogP contribution in [-0.2, 0) is 9.47 Å². The van der Waals surface area contributed by atoms with Crippen molar-refractivity contribution in [2.24, 2.45) is 0 Å². The molecule has 6 heteroatoms. The van der Waals surface area contributed by atoms with Crippen LogP contribution >= 0.6 is 0 Å². The molecule has 1 aromatic rings. The summed E-state index contributed by atoms with van der Waals surface area (Å²) in [4.78, 5) is 17.2. The Morgan fingerprint density at radius 2 is 2.00 bits per heavy atom. The van der Waals surface area contributed by atoms with E-state index in [1.807, 2.05) is 4.90 Å². The average Bonchev–Trinajstić information content (AvgIpc) is 3.25. The molecule has 2 aliphatic heterocycles. The van der Waals surface area contributed by atoms with Crippen molar-refractivity contribution < 1.29 is 18.7 Å². The second kappa shape index (κ2) is 8.33. The maximum Gasteiger partial charge on any atom is 0.257 e. The Labute approximate surface area is 161 Å². The maximum absolute atomic E-state index is 12.5. The lowest BCUT2D eigenvalue weighted by atomic mass is 9.69. The molecule has 2 saturated heterocycles. The quantitative estimate of drug-likeness (QED) is 0.715. The van der Waals surface area contributed by atoms with E-state index in [-0.39, 0.29) is 11.4 Å². The number of carbonyl (C=O) groups is 1. The zero-order valence-electron chi connectivity index (χ0n) is 16.4. The Hall–Kier alpha value is -1.37. The molecule has 1 unspecified atom stereocenters. The second-order valence-corrected chi connectivity index (χ2v) is 8.20. The zero-order chi connectivity index (χ0) is 18.7. The number of hydrogen-bond acceptors (Lipinski definition) is 5. The van der Waals surface area contributed by atoms with Crippen LogP contribution < -0.4 is 0 Å². The minimum absolute atomic E-state index is 0.0963. The van der Waals surface area contributed by atoms with Crippen LogP contribution in [0.15, 0.2) is 23.0 Å². The highest BCUT2D eigenvalue weighted by atomic mass is 16.5. The molecule has 27 heavy (non-hydrogen) atoms. The molecule has 0 aromatic carbocycles. The van der Waals surface area contributed by atoms with Crippen LogP contribution in [0.4, 0.5) is 0 Å². The van der Waals surface area contributed by atoms with Gasteiger partial charge in [-0.25, -0.2) is 0 Å². The third-order valence-corrected chi connectivity index (χ3v) is 6.82. The molecule has 1 aromatic heterocycles. The number of ether oxygens (including phenoxy) is 2. The summed E-state index contributed by atoms with van der Waals surface area (Å²) in [5.74, 6) is 0.0963. The van der Waals surface area contributed by atoms with E-state index in [9.17, 15) is 4.79 Å². The molecule has 1 saturated carbocycles. The smallest absolute Gasteiger partial charge is 0.257 e. The summed E-state index contributed by atoms with van der Waals surface area (Å²) in [6.07, 6.45) is 12.0. The first-order valence-electron chi connectivity index (χ1n) is 10.4. The van der Waals surface area contributed by atoms with Crippen LogP contribution in [0.2, 0.25) is 0 Å². The number of nitrogens with zero attached hydrogens (tertiary/aromatic N) is 2. The number of carbonyl (C=O) groups excluding carboxylic acids is 1. The van der Waals surface area contributed by atoms with Gasteiger partial charge in [0.25, 0.3) is 5.91 Å². The molecule has 1 atom stereocenters. The lowest BCUT2D eigenvalue weighted by molar-refractivity contribution is -0.203.